The molecule has 0 unspecified atom stereocenters. The first-order valence-electron chi connectivity index (χ1n) is 7.60. The van der Waals surface area contributed by atoms with E-state index < -0.39 is 11.9 Å². The van der Waals surface area contributed by atoms with Crippen molar-refractivity contribution in [2.75, 3.05) is 12.9 Å². The van der Waals surface area contributed by atoms with Gasteiger partial charge in [-0.05, 0) is 44.7 Å². The molecule has 2 rings (SSSR count). The molecule has 0 amide bonds. The summed E-state index contributed by atoms with van der Waals surface area (Å²) in [7, 11) is 0. The zero-order valence-corrected chi connectivity index (χ0v) is 15.0. The van der Waals surface area contributed by atoms with Gasteiger partial charge in [-0.2, -0.15) is 0 Å². The predicted molar refractivity (Wildman–Crippen MR) is 93.3 cm³/mol. The monoisotopic (exact) mass is 347 g/mol. The van der Waals surface area contributed by atoms with Crippen LogP contribution in [0.3, 0.4) is 0 Å². The molecular formula is C18H21NO4S. The molecule has 0 aliphatic carbocycles. The van der Waals surface area contributed by atoms with Gasteiger partial charge >= 0.3 is 5.97 Å². The van der Waals surface area contributed by atoms with Crippen molar-refractivity contribution in [3.63, 3.8) is 0 Å². The normalized spacial score (nSPS) is 17.6. The average molecular weight is 347 g/mol. The van der Waals surface area contributed by atoms with Gasteiger partial charge < -0.3 is 15.2 Å². The molecule has 0 aromatic heterocycles. The molecule has 0 radical (unpaired) electrons. The van der Waals surface area contributed by atoms with Crippen LogP contribution in [0.2, 0.25) is 0 Å². The number of ether oxygens (including phenoxy) is 2. The Balaban J connectivity index is 2.60. The summed E-state index contributed by atoms with van der Waals surface area (Å²) in [5.41, 5.74) is 7.34. The van der Waals surface area contributed by atoms with Crippen LogP contribution in [-0.2, 0) is 19.1 Å². The molecule has 0 spiro atoms. The maximum Gasteiger partial charge on any atom is 0.340 e. The quantitative estimate of drug-likeness (QED) is 0.651. The topological polar surface area (TPSA) is 78.6 Å². The molecule has 1 aromatic rings. The lowest BCUT2D eigenvalue weighted by Gasteiger charge is -2.28. The van der Waals surface area contributed by atoms with Crippen LogP contribution < -0.4 is 5.73 Å². The Kier molecular flexibility index (Phi) is 5.72. The van der Waals surface area contributed by atoms with E-state index in [1.807, 2.05) is 30.5 Å². The summed E-state index contributed by atoms with van der Waals surface area (Å²) < 4.78 is 10.6. The SMILES string of the molecule is CCOC(=O)C1=C(N)OC(C)=C(C(C)=O)[C@H]1c1ccc(SC)cc1. The number of thioether (sulfide) groups is 1. The van der Waals surface area contributed by atoms with Gasteiger partial charge in [0, 0.05) is 10.5 Å². The lowest BCUT2D eigenvalue weighted by molar-refractivity contribution is -0.139. The van der Waals surface area contributed by atoms with Crippen molar-refractivity contribution in [2.45, 2.75) is 31.6 Å². The van der Waals surface area contributed by atoms with Crippen molar-refractivity contribution in [3.8, 4) is 0 Å². The predicted octanol–water partition coefficient (Wildman–Crippen LogP) is 3.12. The molecule has 1 aliphatic rings. The molecule has 128 valence electrons. The average Bonchev–Trinajstić information content (AvgIpc) is 2.53. The number of Topliss-reactive ketones (excluding diaryl/α,β-unsaturated/α-hetero) is 1. The minimum atomic E-state index is -0.591. The Morgan fingerprint density at radius 2 is 1.88 bits per heavy atom. The van der Waals surface area contributed by atoms with Gasteiger partial charge in [0.1, 0.15) is 11.3 Å². The number of ketones is 1. The number of nitrogens with two attached hydrogens (primary N) is 1. The van der Waals surface area contributed by atoms with Gasteiger partial charge in [-0.15, -0.1) is 11.8 Å². The van der Waals surface area contributed by atoms with Crippen LogP contribution in [0.5, 0.6) is 0 Å². The van der Waals surface area contributed by atoms with Gasteiger partial charge in [0.25, 0.3) is 0 Å². The maximum atomic E-state index is 12.4. The van der Waals surface area contributed by atoms with E-state index in [-0.39, 0.29) is 23.8 Å². The van der Waals surface area contributed by atoms with Crippen molar-refractivity contribution in [3.05, 3.63) is 52.6 Å². The number of rotatable bonds is 5. The summed E-state index contributed by atoms with van der Waals surface area (Å²) >= 11 is 1.62. The molecule has 1 aliphatic heterocycles. The standard InChI is InChI=1S/C18H21NO4S/c1-5-22-18(21)16-15(12-6-8-13(24-4)9-7-12)14(10(2)20)11(3)23-17(16)19/h6-9,15H,5,19H2,1-4H3/t15-/m1/s1. The lowest BCUT2D eigenvalue weighted by Crippen LogP contribution is -2.28. The zero-order valence-electron chi connectivity index (χ0n) is 14.2. The minimum Gasteiger partial charge on any atom is -0.462 e. The van der Waals surface area contributed by atoms with Crippen molar-refractivity contribution in [1.29, 1.82) is 0 Å². The number of benzene rings is 1. The smallest absolute Gasteiger partial charge is 0.340 e. The van der Waals surface area contributed by atoms with Crippen molar-refractivity contribution < 1.29 is 19.1 Å². The summed E-state index contributed by atoms with van der Waals surface area (Å²) in [6, 6.07) is 7.68. The molecule has 24 heavy (non-hydrogen) atoms. The van der Waals surface area contributed by atoms with Crippen LogP contribution in [0.15, 0.2) is 51.9 Å². The Hall–Kier alpha value is -2.21. The molecule has 0 saturated carbocycles. The Morgan fingerprint density at radius 1 is 1.25 bits per heavy atom. The summed E-state index contributed by atoms with van der Waals surface area (Å²) in [4.78, 5) is 25.7. The summed E-state index contributed by atoms with van der Waals surface area (Å²) in [5, 5.41) is 0. The molecule has 1 atom stereocenters. The number of hydrogen-bond donors (Lipinski definition) is 1. The molecule has 2 N–H and O–H groups in total. The van der Waals surface area contributed by atoms with E-state index in [9.17, 15) is 9.59 Å². The highest BCUT2D eigenvalue weighted by Crippen LogP contribution is 2.40. The zero-order chi connectivity index (χ0) is 17.9. The van der Waals surface area contributed by atoms with Crippen LogP contribution in [0, 0.1) is 0 Å². The molecule has 1 heterocycles. The van der Waals surface area contributed by atoms with Crippen molar-refractivity contribution >= 4 is 23.5 Å². The number of allylic oxidation sites excluding steroid dienone is 2. The lowest BCUT2D eigenvalue weighted by atomic mass is 9.81. The summed E-state index contributed by atoms with van der Waals surface area (Å²) in [5.74, 6) is -0.936. The first-order chi connectivity index (χ1) is 11.4. The second-order valence-electron chi connectivity index (χ2n) is 5.33. The van der Waals surface area contributed by atoms with Gasteiger partial charge in [0.2, 0.25) is 5.88 Å². The molecular weight excluding hydrogens is 326 g/mol. The number of esters is 1. The molecule has 6 heteroatoms. The third-order valence-corrected chi connectivity index (χ3v) is 4.55. The first kappa shape index (κ1) is 18.1. The highest BCUT2D eigenvalue weighted by molar-refractivity contribution is 7.98. The third-order valence-electron chi connectivity index (χ3n) is 3.81. The first-order valence-corrected chi connectivity index (χ1v) is 8.83. The second-order valence-corrected chi connectivity index (χ2v) is 6.21. The van der Waals surface area contributed by atoms with E-state index in [0.29, 0.717) is 11.3 Å². The molecule has 1 aromatic carbocycles. The van der Waals surface area contributed by atoms with Gasteiger partial charge in [-0.3, -0.25) is 4.79 Å². The molecule has 5 nitrogen and oxygen atoms in total. The van der Waals surface area contributed by atoms with Crippen molar-refractivity contribution in [1.82, 2.24) is 0 Å². The fourth-order valence-corrected chi connectivity index (χ4v) is 3.18. The van der Waals surface area contributed by atoms with E-state index in [4.69, 9.17) is 15.2 Å². The number of carbonyl (C=O) groups excluding carboxylic acids is 2. The van der Waals surface area contributed by atoms with Crippen molar-refractivity contribution in [2.24, 2.45) is 5.73 Å². The van der Waals surface area contributed by atoms with Crippen LogP contribution in [0.4, 0.5) is 0 Å². The maximum absolute atomic E-state index is 12.4. The van der Waals surface area contributed by atoms with E-state index in [0.717, 1.165) is 10.5 Å². The fraction of sp³-hybridized carbons (Fsp3) is 0.333. The second kappa shape index (κ2) is 7.57. The van der Waals surface area contributed by atoms with Crippen LogP contribution in [0.25, 0.3) is 0 Å². The third kappa shape index (κ3) is 3.48. The van der Waals surface area contributed by atoms with Crippen LogP contribution >= 0.6 is 11.8 Å². The fourth-order valence-electron chi connectivity index (χ4n) is 2.77. The molecule has 0 fully saturated rings. The van der Waals surface area contributed by atoms with Crippen LogP contribution in [-0.4, -0.2) is 24.6 Å². The van der Waals surface area contributed by atoms with Crippen LogP contribution in [0.1, 0.15) is 32.3 Å². The summed E-state index contributed by atoms with van der Waals surface area (Å²) in [6.07, 6.45) is 1.98. The number of hydrogen-bond acceptors (Lipinski definition) is 6. The molecule has 0 saturated heterocycles. The Bertz CT molecular complexity index is 719. The Morgan fingerprint density at radius 3 is 2.38 bits per heavy atom. The van der Waals surface area contributed by atoms with E-state index >= 15 is 0 Å². The minimum absolute atomic E-state index is 0.0186. The number of carbonyl (C=O) groups is 2. The molecule has 0 bridgehead atoms. The largest absolute Gasteiger partial charge is 0.462 e. The van der Waals surface area contributed by atoms with Gasteiger partial charge in [-0.1, -0.05) is 12.1 Å². The highest BCUT2D eigenvalue weighted by Gasteiger charge is 2.37. The van der Waals surface area contributed by atoms with Gasteiger partial charge in [0.05, 0.1) is 12.5 Å². The summed E-state index contributed by atoms with van der Waals surface area (Å²) in [6.45, 7) is 5.06. The van der Waals surface area contributed by atoms with Gasteiger partial charge in [-0.25, -0.2) is 4.79 Å². The van der Waals surface area contributed by atoms with E-state index in [1.54, 1.807) is 25.6 Å². The highest BCUT2D eigenvalue weighted by atomic mass is 32.2. The van der Waals surface area contributed by atoms with E-state index in [1.165, 1.54) is 6.92 Å². The Labute approximate surface area is 145 Å². The van der Waals surface area contributed by atoms with E-state index in [2.05, 4.69) is 0 Å². The van der Waals surface area contributed by atoms with Gasteiger partial charge in [0.15, 0.2) is 5.78 Å².